The molecule has 3 aromatic rings. The van der Waals surface area contributed by atoms with E-state index in [1.54, 1.807) is 30.7 Å². The molecule has 1 saturated heterocycles. The lowest BCUT2D eigenvalue weighted by molar-refractivity contribution is -0.386. The molecule has 0 bridgehead atoms. The highest BCUT2D eigenvalue weighted by atomic mass is 16.6. The molecule has 9 heteroatoms. The zero-order chi connectivity index (χ0) is 25.7. The third-order valence-corrected chi connectivity index (χ3v) is 6.86. The van der Waals surface area contributed by atoms with E-state index in [0.29, 0.717) is 36.1 Å². The number of carbonyl (C=O) groups excluding carboxylic acids is 1. The van der Waals surface area contributed by atoms with Gasteiger partial charge in [-0.3, -0.25) is 24.5 Å². The summed E-state index contributed by atoms with van der Waals surface area (Å²) < 4.78 is 1.63. The van der Waals surface area contributed by atoms with Gasteiger partial charge < -0.3 is 10.2 Å². The van der Waals surface area contributed by atoms with Crippen molar-refractivity contribution in [3.05, 3.63) is 92.8 Å². The second-order valence-corrected chi connectivity index (χ2v) is 9.47. The minimum absolute atomic E-state index is 0.0534. The number of amides is 1. The molecule has 0 spiro atoms. The molecule has 0 aliphatic carbocycles. The highest BCUT2D eigenvalue weighted by Gasteiger charge is 2.26. The number of aromatic nitrogens is 2. The summed E-state index contributed by atoms with van der Waals surface area (Å²) >= 11 is 0. The Labute approximate surface area is 211 Å². The predicted molar refractivity (Wildman–Crippen MR) is 139 cm³/mol. The number of hydrogen-bond donors (Lipinski definition) is 1. The topological polar surface area (TPSA) is 96.5 Å². The average Bonchev–Trinajstić information content (AvgIpc) is 3.15. The number of rotatable bonds is 9. The Morgan fingerprint density at radius 3 is 2.50 bits per heavy atom. The highest BCUT2D eigenvalue weighted by Crippen LogP contribution is 2.25. The van der Waals surface area contributed by atoms with Crippen molar-refractivity contribution in [3.8, 4) is 0 Å². The molecule has 9 nitrogen and oxygen atoms in total. The number of nitro groups is 1. The number of carbonyl (C=O) groups is 1. The smallest absolute Gasteiger partial charge is 0.312 e. The Hall–Kier alpha value is -3.56. The summed E-state index contributed by atoms with van der Waals surface area (Å²) in [6.07, 6.45) is 0.883. The van der Waals surface area contributed by atoms with Gasteiger partial charge in [0.05, 0.1) is 11.5 Å². The van der Waals surface area contributed by atoms with Crippen LogP contribution in [0.15, 0.2) is 54.6 Å². The lowest BCUT2D eigenvalue weighted by atomic mass is 10.0. The highest BCUT2D eigenvalue weighted by molar-refractivity contribution is 5.94. The maximum absolute atomic E-state index is 12.6. The van der Waals surface area contributed by atoms with Crippen molar-refractivity contribution in [1.82, 2.24) is 24.9 Å². The second kappa shape index (κ2) is 11.5. The normalized spacial score (nSPS) is 16.7. The number of nitrogens with one attached hydrogen (secondary N) is 1. The van der Waals surface area contributed by atoms with Crippen molar-refractivity contribution in [2.24, 2.45) is 0 Å². The van der Waals surface area contributed by atoms with Crippen molar-refractivity contribution in [1.29, 1.82) is 0 Å². The third-order valence-electron chi connectivity index (χ3n) is 6.86. The van der Waals surface area contributed by atoms with E-state index in [1.165, 1.54) is 5.56 Å². The molecule has 1 aliphatic heterocycles. The van der Waals surface area contributed by atoms with Crippen molar-refractivity contribution in [3.63, 3.8) is 0 Å². The van der Waals surface area contributed by atoms with Crippen molar-refractivity contribution < 1.29 is 9.72 Å². The molecular formula is C27H34N6O3. The minimum Gasteiger partial charge on any atom is -0.352 e. The zero-order valence-corrected chi connectivity index (χ0v) is 21.2. The van der Waals surface area contributed by atoms with Gasteiger partial charge >= 0.3 is 5.69 Å². The van der Waals surface area contributed by atoms with E-state index in [9.17, 15) is 14.9 Å². The Bertz CT molecular complexity index is 1190. The molecule has 0 saturated carbocycles. The van der Waals surface area contributed by atoms with Gasteiger partial charge in [-0.05, 0) is 50.6 Å². The maximum Gasteiger partial charge on any atom is 0.312 e. The van der Waals surface area contributed by atoms with Gasteiger partial charge in [0.25, 0.3) is 5.91 Å². The summed E-state index contributed by atoms with van der Waals surface area (Å²) in [5.74, 6) is -0.0960. The molecule has 2 aromatic carbocycles. The lowest BCUT2D eigenvalue weighted by Crippen LogP contribution is -2.47. The van der Waals surface area contributed by atoms with Gasteiger partial charge in [0, 0.05) is 44.3 Å². The molecule has 4 rings (SSSR count). The standard InChI is InChI=1S/C27H34N6O3/c1-20-26(33(35)36)21(2)32(29-20)18-22-10-12-24(13-11-22)27(34)28-14-7-15-31-17-16-30(3)19-25(31)23-8-5-4-6-9-23/h4-6,8-13,25H,7,14-19H2,1-3H3,(H,28,34). The summed E-state index contributed by atoms with van der Waals surface area (Å²) in [6.45, 7) is 8.37. The fourth-order valence-electron chi connectivity index (χ4n) is 4.84. The molecule has 190 valence electrons. The van der Waals surface area contributed by atoms with Crippen molar-refractivity contribution in [2.75, 3.05) is 39.8 Å². The first-order chi connectivity index (χ1) is 17.3. The van der Waals surface area contributed by atoms with E-state index in [1.807, 2.05) is 18.2 Å². The number of benzene rings is 2. The molecule has 1 amide bonds. The average molecular weight is 491 g/mol. The largest absolute Gasteiger partial charge is 0.352 e. The first-order valence-corrected chi connectivity index (χ1v) is 12.4. The summed E-state index contributed by atoms with van der Waals surface area (Å²) in [4.78, 5) is 28.4. The Morgan fingerprint density at radius 2 is 1.83 bits per heavy atom. The molecular weight excluding hydrogens is 456 g/mol. The number of hydrogen-bond acceptors (Lipinski definition) is 6. The maximum atomic E-state index is 12.6. The van der Waals surface area contributed by atoms with Crippen LogP contribution in [0.2, 0.25) is 0 Å². The molecule has 1 N–H and O–H groups in total. The number of likely N-dealkylation sites (N-methyl/N-ethyl adjacent to an activating group) is 1. The fourth-order valence-corrected chi connectivity index (χ4v) is 4.84. The van der Waals surface area contributed by atoms with E-state index in [2.05, 4.69) is 51.5 Å². The van der Waals surface area contributed by atoms with Gasteiger partial charge in [0.2, 0.25) is 0 Å². The van der Waals surface area contributed by atoms with Crippen LogP contribution in [0.4, 0.5) is 5.69 Å². The summed E-state index contributed by atoms with van der Waals surface area (Å²) in [6, 6.07) is 18.3. The number of aryl methyl sites for hydroxylation is 1. The van der Waals surface area contributed by atoms with Crippen molar-refractivity contribution in [2.45, 2.75) is 32.9 Å². The molecule has 1 atom stereocenters. The second-order valence-electron chi connectivity index (χ2n) is 9.47. The van der Waals surface area contributed by atoms with Crippen LogP contribution in [0, 0.1) is 24.0 Å². The molecule has 1 aromatic heterocycles. The Balaban J connectivity index is 1.27. The Morgan fingerprint density at radius 1 is 1.11 bits per heavy atom. The van der Waals surface area contributed by atoms with Gasteiger partial charge in [-0.15, -0.1) is 0 Å². The van der Waals surface area contributed by atoms with Crippen LogP contribution in [-0.2, 0) is 6.54 Å². The van der Waals surface area contributed by atoms with Crippen LogP contribution in [0.3, 0.4) is 0 Å². The van der Waals surface area contributed by atoms with Crippen LogP contribution >= 0.6 is 0 Å². The molecule has 1 aliphatic rings. The first-order valence-electron chi connectivity index (χ1n) is 12.4. The van der Waals surface area contributed by atoms with Gasteiger partial charge in [-0.1, -0.05) is 42.5 Å². The van der Waals surface area contributed by atoms with Crippen LogP contribution in [-0.4, -0.2) is 70.2 Å². The zero-order valence-electron chi connectivity index (χ0n) is 21.2. The van der Waals surface area contributed by atoms with Gasteiger partial charge in [0.15, 0.2) is 0 Å². The molecule has 36 heavy (non-hydrogen) atoms. The first kappa shape index (κ1) is 25.5. The van der Waals surface area contributed by atoms with Gasteiger partial charge in [0.1, 0.15) is 11.4 Å². The summed E-state index contributed by atoms with van der Waals surface area (Å²) in [5, 5.41) is 18.5. The Kier molecular flexibility index (Phi) is 8.12. The molecule has 1 fully saturated rings. The predicted octanol–water partition coefficient (Wildman–Crippen LogP) is 3.57. The molecule has 2 heterocycles. The van der Waals surface area contributed by atoms with E-state index in [0.717, 1.165) is 38.2 Å². The van der Waals surface area contributed by atoms with Crippen LogP contribution in [0.5, 0.6) is 0 Å². The lowest BCUT2D eigenvalue weighted by Gasteiger charge is -2.40. The van der Waals surface area contributed by atoms with Crippen LogP contribution in [0.1, 0.15) is 45.3 Å². The van der Waals surface area contributed by atoms with Crippen LogP contribution < -0.4 is 5.32 Å². The SMILES string of the molecule is Cc1nn(Cc2ccc(C(=O)NCCCN3CCN(C)CC3c3ccccc3)cc2)c(C)c1[N+](=O)[O-]. The molecule has 1 unspecified atom stereocenters. The van der Waals surface area contributed by atoms with Gasteiger partial charge in [-0.2, -0.15) is 5.10 Å². The quantitative estimate of drug-likeness (QED) is 0.280. The van der Waals surface area contributed by atoms with E-state index in [-0.39, 0.29) is 11.6 Å². The summed E-state index contributed by atoms with van der Waals surface area (Å²) in [5.41, 5.74) is 3.84. The monoisotopic (exact) mass is 490 g/mol. The number of nitrogens with zero attached hydrogens (tertiary/aromatic N) is 5. The van der Waals surface area contributed by atoms with Crippen molar-refractivity contribution >= 4 is 11.6 Å². The third kappa shape index (κ3) is 5.98. The van der Waals surface area contributed by atoms with E-state index >= 15 is 0 Å². The van der Waals surface area contributed by atoms with E-state index in [4.69, 9.17) is 0 Å². The fraction of sp³-hybridized carbons (Fsp3) is 0.407. The van der Waals surface area contributed by atoms with Crippen LogP contribution in [0.25, 0.3) is 0 Å². The minimum atomic E-state index is -0.396. The van der Waals surface area contributed by atoms with E-state index < -0.39 is 4.92 Å². The van der Waals surface area contributed by atoms with Gasteiger partial charge in [-0.25, -0.2) is 0 Å². The summed E-state index contributed by atoms with van der Waals surface area (Å²) in [7, 11) is 2.17. The molecule has 0 radical (unpaired) electrons. The number of piperazine rings is 1.